The molecule has 0 atom stereocenters. The molecule has 0 N–H and O–H groups in total. The zero-order chi connectivity index (χ0) is 25.6. The average Bonchev–Trinajstić information content (AvgIpc) is 2.77. The van der Waals surface area contributed by atoms with Gasteiger partial charge in [-0.25, -0.2) is 0 Å². The molecule has 0 saturated heterocycles. The summed E-state index contributed by atoms with van der Waals surface area (Å²) in [6.45, 7) is 21.1. The minimum atomic E-state index is -2.51. The molecule has 0 saturated carbocycles. The van der Waals surface area contributed by atoms with Gasteiger partial charge >= 0.3 is 226 Å². The molecule has 0 aliphatic heterocycles. The monoisotopic (exact) mass is 634 g/mol. The SMILES string of the molecule is CCC[CH2][Sn]([CH2]CCC)([CH2]CCC)[c]1cc(Br)cc(-c2cc(C(C)(C)C)cc(C(C)(C)C)c2)c1. The van der Waals surface area contributed by atoms with Crippen LogP contribution in [0.25, 0.3) is 11.1 Å². The van der Waals surface area contributed by atoms with Crippen LogP contribution in [0.5, 0.6) is 0 Å². The van der Waals surface area contributed by atoms with E-state index in [0.717, 1.165) is 0 Å². The van der Waals surface area contributed by atoms with Crippen molar-refractivity contribution >= 4 is 37.9 Å². The summed E-state index contributed by atoms with van der Waals surface area (Å²) in [5, 5.41) is 0. The zero-order valence-electron chi connectivity index (χ0n) is 23.7. The second kappa shape index (κ2) is 12.8. The fraction of sp³-hybridized carbons (Fsp3) is 0.625. The Morgan fingerprint density at radius 1 is 0.588 bits per heavy atom. The quantitative estimate of drug-likeness (QED) is 0.216. The maximum absolute atomic E-state index is 3.96. The molecular weight excluding hydrogens is 583 g/mol. The average molecular weight is 634 g/mol. The summed E-state index contributed by atoms with van der Waals surface area (Å²) in [5.41, 5.74) is 5.95. The molecule has 0 heterocycles. The molecule has 2 aromatic rings. The fourth-order valence-electron chi connectivity index (χ4n) is 5.08. The number of halogens is 1. The van der Waals surface area contributed by atoms with E-state index < -0.39 is 18.4 Å². The van der Waals surface area contributed by atoms with Gasteiger partial charge in [0.2, 0.25) is 0 Å². The van der Waals surface area contributed by atoms with Crippen molar-refractivity contribution in [1.29, 1.82) is 0 Å². The zero-order valence-corrected chi connectivity index (χ0v) is 28.1. The van der Waals surface area contributed by atoms with Gasteiger partial charge in [-0.05, 0) is 0 Å². The first-order chi connectivity index (χ1) is 15.9. The van der Waals surface area contributed by atoms with Crippen molar-refractivity contribution in [3.8, 4) is 11.1 Å². The number of rotatable bonds is 11. The van der Waals surface area contributed by atoms with E-state index in [1.807, 2.05) is 0 Å². The Balaban J connectivity index is 2.72. The fourth-order valence-corrected chi connectivity index (χ4v) is 22.2. The van der Waals surface area contributed by atoms with Crippen molar-refractivity contribution in [2.24, 2.45) is 0 Å². The summed E-state index contributed by atoms with van der Waals surface area (Å²) in [4.78, 5) is 0. The first-order valence-corrected chi connectivity index (χ1v) is 22.1. The van der Waals surface area contributed by atoms with E-state index in [4.69, 9.17) is 0 Å². The molecule has 0 spiro atoms. The Bertz CT molecular complexity index is 860. The Labute approximate surface area is 224 Å². The Morgan fingerprint density at radius 2 is 1.00 bits per heavy atom. The molecule has 0 bridgehead atoms. The van der Waals surface area contributed by atoms with E-state index in [1.165, 1.54) is 78.6 Å². The molecule has 0 amide bonds. The minimum absolute atomic E-state index is 0.136. The summed E-state index contributed by atoms with van der Waals surface area (Å²) in [6.07, 6.45) is 8.16. The van der Waals surface area contributed by atoms with Crippen LogP contribution in [0.15, 0.2) is 40.9 Å². The van der Waals surface area contributed by atoms with Gasteiger partial charge in [0.15, 0.2) is 0 Å². The van der Waals surface area contributed by atoms with Gasteiger partial charge in [0.1, 0.15) is 0 Å². The van der Waals surface area contributed by atoms with Crippen molar-refractivity contribution in [1.82, 2.24) is 0 Å². The third-order valence-corrected chi connectivity index (χ3v) is 23.5. The van der Waals surface area contributed by atoms with Crippen LogP contribution in [-0.4, -0.2) is 18.4 Å². The van der Waals surface area contributed by atoms with Crippen LogP contribution in [-0.2, 0) is 10.8 Å². The van der Waals surface area contributed by atoms with Crippen LogP contribution in [0, 0.1) is 0 Å². The molecule has 190 valence electrons. The van der Waals surface area contributed by atoms with Crippen LogP contribution < -0.4 is 3.58 Å². The van der Waals surface area contributed by atoms with E-state index in [2.05, 4.69) is 115 Å². The Morgan fingerprint density at radius 3 is 1.38 bits per heavy atom. The number of hydrogen-bond acceptors (Lipinski definition) is 0. The standard InChI is InChI=1S/C20H24Br.3C4H9.Sn/c1-19(2,3)16-10-15(11-17(13-16)20(4,5)6)14-8-7-9-18(21)12-14;3*1-3-4-2;/h8-13H,1-6H3;3*1,3-4H2,2H3;. The molecule has 0 aromatic heterocycles. The first-order valence-electron chi connectivity index (χ1n) is 13.8. The van der Waals surface area contributed by atoms with Crippen LogP contribution >= 0.6 is 15.9 Å². The Kier molecular flexibility index (Phi) is 11.3. The summed E-state index contributed by atoms with van der Waals surface area (Å²) in [6, 6.07) is 14.9. The first kappa shape index (κ1) is 29.9. The Hall–Kier alpha value is -0.281. The van der Waals surface area contributed by atoms with E-state index >= 15 is 0 Å². The summed E-state index contributed by atoms with van der Waals surface area (Å²) >= 11 is 1.45. The summed E-state index contributed by atoms with van der Waals surface area (Å²) in [7, 11) is 0. The molecular formula is C32H51BrSn. The number of unbranched alkanes of at least 4 members (excludes halogenated alkanes) is 3. The third-order valence-electron chi connectivity index (χ3n) is 7.54. The molecule has 0 fully saturated rings. The summed E-state index contributed by atoms with van der Waals surface area (Å²) in [5.74, 6) is 0. The van der Waals surface area contributed by atoms with E-state index in [-0.39, 0.29) is 10.8 Å². The van der Waals surface area contributed by atoms with Crippen molar-refractivity contribution in [2.75, 3.05) is 0 Å². The van der Waals surface area contributed by atoms with Crippen LogP contribution in [0.4, 0.5) is 0 Å². The maximum atomic E-state index is 3.96. The van der Waals surface area contributed by atoms with Gasteiger partial charge in [0, 0.05) is 0 Å². The van der Waals surface area contributed by atoms with Gasteiger partial charge < -0.3 is 0 Å². The molecule has 2 rings (SSSR count). The van der Waals surface area contributed by atoms with E-state index in [9.17, 15) is 0 Å². The van der Waals surface area contributed by atoms with Crippen molar-refractivity contribution in [2.45, 2.75) is 125 Å². The third kappa shape index (κ3) is 8.12. The van der Waals surface area contributed by atoms with Gasteiger partial charge in [-0.15, -0.1) is 0 Å². The predicted octanol–water partition coefficient (Wildman–Crippen LogP) is 10.8. The van der Waals surface area contributed by atoms with Gasteiger partial charge in [-0.3, -0.25) is 0 Å². The molecule has 2 heteroatoms. The molecule has 0 aliphatic rings. The van der Waals surface area contributed by atoms with Crippen molar-refractivity contribution in [3.63, 3.8) is 0 Å². The molecule has 34 heavy (non-hydrogen) atoms. The van der Waals surface area contributed by atoms with Gasteiger partial charge in [-0.1, -0.05) is 0 Å². The summed E-state index contributed by atoms with van der Waals surface area (Å²) < 4.78 is 7.56. The van der Waals surface area contributed by atoms with E-state index in [1.54, 1.807) is 3.58 Å². The van der Waals surface area contributed by atoms with Crippen LogP contribution in [0.3, 0.4) is 0 Å². The normalized spacial score (nSPS) is 12.9. The topological polar surface area (TPSA) is 0 Å². The second-order valence-corrected chi connectivity index (χ2v) is 26.8. The molecule has 0 nitrogen and oxygen atoms in total. The van der Waals surface area contributed by atoms with Gasteiger partial charge in [-0.2, -0.15) is 0 Å². The van der Waals surface area contributed by atoms with Crippen LogP contribution in [0.1, 0.15) is 112 Å². The van der Waals surface area contributed by atoms with Crippen LogP contribution in [0.2, 0.25) is 13.3 Å². The number of benzene rings is 2. The predicted molar refractivity (Wildman–Crippen MR) is 162 cm³/mol. The van der Waals surface area contributed by atoms with E-state index in [0.29, 0.717) is 0 Å². The molecule has 0 aliphatic carbocycles. The van der Waals surface area contributed by atoms with Gasteiger partial charge in [0.25, 0.3) is 0 Å². The molecule has 0 unspecified atom stereocenters. The second-order valence-electron chi connectivity index (χ2n) is 12.6. The van der Waals surface area contributed by atoms with Crippen molar-refractivity contribution < 1.29 is 0 Å². The number of hydrogen-bond donors (Lipinski definition) is 0. The molecule has 0 radical (unpaired) electrons. The van der Waals surface area contributed by atoms with Crippen molar-refractivity contribution in [3.05, 3.63) is 52.0 Å². The van der Waals surface area contributed by atoms with Gasteiger partial charge in [0.05, 0.1) is 0 Å². The molecule has 2 aromatic carbocycles.